The molecule has 0 unspecified atom stereocenters. The third-order valence-electron chi connectivity index (χ3n) is 3.95. The van der Waals surface area contributed by atoms with E-state index in [2.05, 4.69) is 11.8 Å². The van der Waals surface area contributed by atoms with Crippen molar-refractivity contribution in [3.05, 3.63) is 82.2 Å². The summed E-state index contributed by atoms with van der Waals surface area (Å²) in [4.78, 5) is 0. The molecule has 122 valence electrons. The Kier molecular flexibility index (Phi) is 4.46. The predicted octanol–water partition coefficient (Wildman–Crippen LogP) is 5.09. The number of aryl methyl sites for hydroxylation is 1. The highest BCUT2D eigenvalue weighted by molar-refractivity contribution is 5.90. The Morgan fingerprint density at radius 1 is 0.880 bits per heavy atom. The molecular formula is C21H12F3N. The Hall–Kier alpha value is -3.24. The molecule has 0 saturated heterocycles. The Bertz CT molecular complexity index is 1060. The van der Waals surface area contributed by atoms with Crippen LogP contribution in [0.4, 0.5) is 13.2 Å². The number of hydrogen-bond donors (Lipinski definition) is 0. The fourth-order valence-electron chi connectivity index (χ4n) is 2.60. The molecule has 0 N–H and O–H groups in total. The number of benzene rings is 3. The first-order valence-electron chi connectivity index (χ1n) is 7.66. The van der Waals surface area contributed by atoms with E-state index < -0.39 is 17.5 Å². The van der Waals surface area contributed by atoms with Crippen molar-refractivity contribution in [1.29, 1.82) is 5.26 Å². The molecule has 0 amide bonds. The lowest BCUT2D eigenvalue weighted by Crippen LogP contribution is -1.94. The summed E-state index contributed by atoms with van der Waals surface area (Å²) in [5.41, 5.74) is 0.601. The summed E-state index contributed by atoms with van der Waals surface area (Å²) in [6.07, 6.45) is 0.519. The van der Waals surface area contributed by atoms with Gasteiger partial charge in [0.25, 0.3) is 0 Å². The monoisotopic (exact) mass is 335 g/mol. The lowest BCUT2D eigenvalue weighted by atomic mass is 10.0. The van der Waals surface area contributed by atoms with Gasteiger partial charge < -0.3 is 0 Å². The molecule has 0 spiro atoms. The third-order valence-corrected chi connectivity index (χ3v) is 3.95. The van der Waals surface area contributed by atoms with Crippen molar-refractivity contribution < 1.29 is 13.2 Å². The maximum absolute atomic E-state index is 14.2. The van der Waals surface area contributed by atoms with E-state index in [0.717, 1.165) is 0 Å². The number of rotatable bonds is 1. The molecular weight excluding hydrogens is 323 g/mol. The molecule has 1 nitrogen and oxygen atoms in total. The van der Waals surface area contributed by atoms with Gasteiger partial charge in [-0.2, -0.15) is 5.26 Å². The predicted molar refractivity (Wildman–Crippen MR) is 90.3 cm³/mol. The minimum absolute atomic E-state index is 0.0650. The second-order valence-corrected chi connectivity index (χ2v) is 5.48. The summed E-state index contributed by atoms with van der Waals surface area (Å²) in [6, 6.07) is 12.0. The van der Waals surface area contributed by atoms with Crippen LogP contribution in [0, 0.1) is 40.6 Å². The number of fused-ring (bicyclic) bond motifs is 1. The average Bonchev–Trinajstić information content (AvgIpc) is 2.61. The first-order chi connectivity index (χ1) is 12.0. The summed E-state index contributed by atoms with van der Waals surface area (Å²) >= 11 is 0. The van der Waals surface area contributed by atoms with Crippen LogP contribution in [0.3, 0.4) is 0 Å². The van der Waals surface area contributed by atoms with E-state index in [1.165, 1.54) is 24.3 Å². The molecule has 3 rings (SSSR count). The molecule has 3 aromatic carbocycles. The number of nitrogens with zero attached hydrogens (tertiary/aromatic N) is 1. The molecule has 0 aliphatic rings. The minimum Gasteiger partial charge on any atom is -0.206 e. The van der Waals surface area contributed by atoms with Crippen LogP contribution >= 0.6 is 0 Å². The van der Waals surface area contributed by atoms with Gasteiger partial charge in [0.05, 0.1) is 11.1 Å². The quantitative estimate of drug-likeness (QED) is 0.568. The van der Waals surface area contributed by atoms with Gasteiger partial charge in [0.2, 0.25) is 0 Å². The van der Waals surface area contributed by atoms with E-state index in [0.29, 0.717) is 22.9 Å². The van der Waals surface area contributed by atoms with Crippen LogP contribution in [0.2, 0.25) is 0 Å². The van der Waals surface area contributed by atoms with Crippen LogP contribution in [-0.2, 0) is 6.42 Å². The van der Waals surface area contributed by atoms with Crippen LogP contribution in [0.5, 0.6) is 0 Å². The molecule has 4 heteroatoms. The second kappa shape index (κ2) is 6.71. The van der Waals surface area contributed by atoms with E-state index in [4.69, 9.17) is 5.26 Å². The lowest BCUT2D eigenvalue weighted by Gasteiger charge is -2.04. The van der Waals surface area contributed by atoms with Crippen LogP contribution in [0.1, 0.15) is 29.2 Å². The first kappa shape index (κ1) is 16.6. The SMILES string of the molecule is CCc1cc(F)c(C#Cc2cccc3c(F)c(C#N)ccc23)c(F)c1. The van der Waals surface area contributed by atoms with Gasteiger partial charge in [-0.25, -0.2) is 13.2 Å². The molecule has 0 aromatic heterocycles. The van der Waals surface area contributed by atoms with Gasteiger partial charge in [0, 0.05) is 16.3 Å². The summed E-state index contributed by atoms with van der Waals surface area (Å²) in [7, 11) is 0. The number of nitriles is 1. The Labute approximate surface area is 143 Å². The van der Waals surface area contributed by atoms with Gasteiger partial charge in [-0.15, -0.1) is 0 Å². The average molecular weight is 335 g/mol. The fraction of sp³-hybridized carbons (Fsp3) is 0.0952. The van der Waals surface area contributed by atoms with Crippen molar-refractivity contribution >= 4 is 10.8 Å². The van der Waals surface area contributed by atoms with Crippen LogP contribution in [-0.4, -0.2) is 0 Å². The fourth-order valence-corrected chi connectivity index (χ4v) is 2.60. The Morgan fingerprint density at radius 3 is 2.24 bits per heavy atom. The highest BCUT2D eigenvalue weighted by atomic mass is 19.1. The second-order valence-electron chi connectivity index (χ2n) is 5.48. The highest BCUT2D eigenvalue weighted by Crippen LogP contribution is 2.24. The molecule has 25 heavy (non-hydrogen) atoms. The van der Waals surface area contributed by atoms with E-state index >= 15 is 0 Å². The Morgan fingerprint density at radius 2 is 1.60 bits per heavy atom. The zero-order valence-electron chi connectivity index (χ0n) is 13.3. The van der Waals surface area contributed by atoms with E-state index in [1.54, 1.807) is 31.2 Å². The molecule has 0 bridgehead atoms. The summed E-state index contributed by atoms with van der Waals surface area (Å²) in [5, 5.41) is 9.63. The topological polar surface area (TPSA) is 23.8 Å². The van der Waals surface area contributed by atoms with E-state index in [1.807, 2.05) is 0 Å². The first-order valence-corrected chi connectivity index (χ1v) is 7.66. The number of hydrogen-bond acceptors (Lipinski definition) is 1. The van der Waals surface area contributed by atoms with Gasteiger partial charge in [-0.3, -0.25) is 0 Å². The maximum atomic E-state index is 14.2. The van der Waals surface area contributed by atoms with E-state index in [-0.39, 0.29) is 16.5 Å². The summed E-state index contributed by atoms with van der Waals surface area (Å²) in [6.45, 7) is 1.81. The molecule has 0 atom stereocenters. The van der Waals surface area contributed by atoms with E-state index in [9.17, 15) is 13.2 Å². The Balaban J connectivity index is 2.14. The smallest absolute Gasteiger partial charge is 0.148 e. The zero-order chi connectivity index (χ0) is 18.0. The standard InChI is InChI=1S/C21H12F3N/c1-2-13-10-19(22)18(20(23)11-13)9-6-14-4-3-5-17-16(14)8-7-15(12-25)21(17)24/h3-5,7-8,10-11H,2H2,1H3. The van der Waals surface area contributed by atoms with Crippen molar-refractivity contribution in [3.8, 4) is 17.9 Å². The number of halogens is 3. The van der Waals surface area contributed by atoms with Crippen molar-refractivity contribution in [2.24, 2.45) is 0 Å². The zero-order valence-corrected chi connectivity index (χ0v) is 13.3. The van der Waals surface area contributed by atoms with Crippen molar-refractivity contribution in [2.45, 2.75) is 13.3 Å². The molecule has 0 aliphatic heterocycles. The van der Waals surface area contributed by atoms with Crippen LogP contribution in [0.15, 0.2) is 42.5 Å². The van der Waals surface area contributed by atoms with Crippen molar-refractivity contribution in [2.75, 3.05) is 0 Å². The van der Waals surface area contributed by atoms with Gasteiger partial charge >= 0.3 is 0 Å². The van der Waals surface area contributed by atoms with Crippen LogP contribution in [0.25, 0.3) is 10.8 Å². The van der Waals surface area contributed by atoms with Crippen molar-refractivity contribution in [3.63, 3.8) is 0 Å². The largest absolute Gasteiger partial charge is 0.206 e. The third kappa shape index (κ3) is 3.07. The lowest BCUT2D eigenvalue weighted by molar-refractivity contribution is 0.574. The minimum atomic E-state index is -0.720. The summed E-state index contributed by atoms with van der Waals surface area (Å²) < 4.78 is 42.3. The molecule has 0 aliphatic carbocycles. The van der Waals surface area contributed by atoms with Crippen LogP contribution < -0.4 is 0 Å². The molecule has 0 saturated carbocycles. The van der Waals surface area contributed by atoms with Gasteiger partial charge in [-0.1, -0.05) is 37.0 Å². The molecule has 0 heterocycles. The van der Waals surface area contributed by atoms with Gasteiger partial charge in [0.1, 0.15) is 23.5 Å². The maximum Gasteiger partial charge on any atom is 0.148 e. The van der Waals surface area contributed by atoms with Crippen molar-refractivity contribution in [1.82, 2.24) is 0 Å². The highest BCUT2D eigenvalue weighted by Gasteiger charge is 2.10. The molecule has 0 fully saturated rings. The molecule has 3 aromatic rings. The van der Waals surface area contributed by atoms with Gasteiger partial charge in [0.15, 0.2) is 0 Å². The van der Waals surface area contributed by atoms with Gasteiger partial charge in [-0.05, 0) is 36.2 Å². The normalized spacial score (nSPS) is 10.2. The summed E-state index contributed by atoms with van der Waals surface area (Å²) in [5.74, 6) is 3.14. The molecule has 0 radical (unpaired) electrons.